The van der Waals surface area contributed by atoms with Gasteiger partial charge in [-0.25, -0.2) is 0 Å². The molecule has 0 amide bonds. The summed E-state index contributed by atoms with van der Waals surface area (Å²) in [5, 5.41) is 14.4. The molecule has 1 aliphatic heterocycles. The van der Waals surface area contributed by atoms with E-state index in [-0.39, 0.29) is 11.8 Å². The highest BCUT2D eigenvalue weighted by molar-refractivity contribution is 6.04. The highest BCUT2D eigenvalue weighted by Gasteiger charge is 2.22. The van der Waals surface area contributed by atoms with Gasteiger partial charge in [0.15, 0.2) is 0 Å². The third kappa shape index (κ3) is 2.32. The molecule has 0 aromatic heterocycles. The number of rotatable bonds is 3. The van der Waals surface area contributed by atoms with Crippen molar-refractivity contribution in [2.45, 2.75) is 12.5 Å². The van der Waals surface area contributed by atoms with Crippen LogP contribution in [0.4, 0.5) is 0 Å². The van der Waals surface area contributed by atoms with Crippen molar-refractivity contribution in [2.24, 2.45) is 5.10 Å². The summed E-state index contributed by atoms with van der Waals surface area (Å²) in [5.41, 5.74) is 5.92. The Bertz CT molecular complexity index is 638. The molecular formula is C16H16N2O2. The molecule has 0 bridgehead atoms. The minimum atomic E-state index is 0.160. The molecule has 102 valence electrons. The zero-order chi connectivity index (χ0) is 13.9. The molecule has 4 nitrogen and oxygen atoms in total. The van der Waals surface area contributed by atoms with E-state index in [0.717, 1.165) is 17.7 Å². The maximum Gasteiger partial charge on any atom is 0.128 e. The number of methoxy groups -OCH3 is 1. The van der Waals surface area contributed by atoms with Crippen molar-refractivity contribution < 1.29 is 9.84 Å². The largest absolute Gasteiger partial charge is 0.507 e. The van der Waals surface area contributed by atoms with Gasteiger partial charge in [-0.05, 0) is 17.7 Å². The van der Waals surface area contributed by atoms with Crippen LogP contribution in [0, 0.1) is 0 Å². The Morgan fingerprint density at radius 3 is 2.70 bits per heavy atom. The smallest absolute Gasteiger partial charge is 0.128 e. The highest BCUT2D eigenvalue weighted by atomic mass is 16.5. The fraction of sp³-hybridized carbons (Fsp3) is 0.188. The molecule has 1 aliphatic rings. The van der Waals surface area contributed by atoms with Crippen molar-refractivity contribution in [3.63, 3.8) is 0 Å². The number of phenols is 1. The molecule has 1 unspecified atom stereocenters. The molecule has 0 saturated heterocycles. The third-order valence-electron chi connectivity index (χ3n) is 3.47. The standard InChI is InChI=1S/C16H16N2O2/c1-20-12-7-8-13(16(19)9-12)15-10-14(17-18-15)11-5-3-2-4-6-11/h2-9,14,17,19H,10H2,1H3. The summed E-state index contributed by atoms with van der Waals surface area (Å²) in [6.45, 7) is 0. The quantitative estimate of drug-likeness (QED) is 0.900. The van der Waals surface area contributed by atoms with Gasteiger partial charge in [-0.2, -0.15) is 5.10 Å². The number of benzene rings is 2. The molecule has 0 radical (unpaired) electrons. The van der Waals surface area contributed by atoms with Crippen molar-refractivity contribution in [2.75, 3.05) is 7.11 Å². The molecule has 2 aromatic rings. The fourth-order valence-electron chi connectivity index (χ4n) is 2.37. The Balaban J connectivity index is 1.80. The zero-order valence-corrected chi connectivity index (χ0v) is 11.2. The number of nitrogens with zero attached hydrogens (tertiary/aromatic N) is 1. The SMILES string of the molecule is COc1ccc(C2=NNC(c3ccccc3)C2)c(O)c1. The van der Waals surface area contributed by atoms with Gasteiger partial charge in [0.05, 0.1) is 18.9 Å². The highest BCUT2D eigenvalue weighted by Crippen LogP contribution is 2.30. The summed E-state index contributed by atoms with van der Waals surface area (Å²) < 4.78 is 5.09. The number of hydrazone groups is 1. The van der Waals surface area contributed by atoms with Gasteiger partial charge in [0, 0.05) is 18.1 Å². The lowest BCUT2D eigenvalue weighted by Gasteiger charge is -2.10. The molecule has 0 saturated carbocycles. The van der Waals surface area contributed by atoms with Crippen molar-refractivity contribution in [3.8, 4) is 11.5 Å². The van der Waals surface area contributed by atoms with Crippen LogP contribution in [0.5, 0.6) is 11.5 Å². The van der Waals surface area contributed by atoms with Gasteiger partial charge < -0.3 is 15.3 Å². The number of nitrogens with one attached hydrogen (secondary N) is 1. The first-order chi connectivity index (χ1) is 9.78. The van der Waals surface area contributed by atoms with Gasteiger partial charge in [0.25, 0.3) is 0 Å². The number of phenolic OH excluding ortho intramolecular Hbond substituents is 1. The Hall–Kier alpha value is -2.49. The van der Waals surface area contributed by atoms with Crippen molar-refractivity contribution in [3.05, 3.63) is 59.7 Å². The van der Waals surface area contributed by atoms with Crippen molar-refractivity contribution >= 4 is 5.71 Å². The Morgan fingerprint density at radius 1 is 1.20 bits per heavy atom. The lowest BCUT2D eigenvalue weighted by molar-refractivity contribution is 0.407. The van der Waals surface area contributed by atoms with Gasteiger partial charge in [-0.15, -0.1) is 0 Å². The first-order valence-electron chi connectivity index (χ1n) is 6.52. The van der Waals surface area contributed by atoms with Gasteiger partial charge in [-0.1, -0.05) is 30.3 Å². The van der Waals surface area contributed by atoms with Crippen LogP contribution in [0.15, 0.2) is 53.6 Å². The average molecular weight is 268 g/mol. The minimum absolute atomic E-state index is 0.160. The first-order valence-corrected chi connectivity index (χ1v) is 6.52. The summed E-state index contributed by atoms with van der Waals surface area (Å²) in [5.74, 6) is 0.830. The molecular weight excluding hydrogens is 252 g/mol. The Morgan fingerprint density at radius 2 is 2.00 bits per heavy atom. The van der Waals surface area contributed by atoms with Crippen LogP contribution in [0.2, 0.25) is 0 Å². The van der Waals surface area contributed by atoms with Gasteiger partial charge >= 0.3 is 0 Å². The van der Waals surface area contributed by atoms with Crippen LogP contribution in [0.25, 0.3) is 0 Å². The summed E-state index contributed by atoms with van der Waals surface area (Å²) in [7, 11) is 1.58. The maximum atomic E-state index is 10.1. The van der Waals surface area contributed by atoms with E-state index in [1.165, 1.54) is 5.56 Å². The fourth-order valence-corrected chi connectivity index (χ4v) is 2.37. The average Bonchev–Trinajstić information content (AvgIpc) is 2.97. The molecule has 4 heteroatoms. The van der Waals surface area contributed by atoms with Crippen LogP contribution in [0.3, 0.4) is 0 Å². The summed E-state index contributed by atoms with van der Waals surface area (Å²) >= 11 is 0. The maximum absolute atomic E-state index is 10.1. The number of hydrogen-bond donors (Lipinski definition) is 2. The molecule has 0 spiro atoms. The van der Waals surface area contributed by atoms with E-state index in [4.69, 9.17) is 4.74 Å². The topological polar surface area (TPSA) is 53.8 Å². The Kier molecular flexibility index (Phi) is 3.29. The lowest BCUT2D eigenvalue weighted by Crippen LogP contribution is -2.09. The number of ether oxygens (including phenoxy) is 1. The van der Waals surface area contributed by atoms with Gasteiger partial charge in [-0.3, -0.25) is 0 Å². The van der Waals surface area contributed by atoms with E-state index in [0.29, 0.717) is 5.75 Å². The van der Waals surface area contributed by atoms with Crippen molar-refractivity contribution in [1.82, 2.24) is 5.43 Å². The van der Waals surface area contributed by atoms with Crippen LogP contribution < -0.4 is 10.2 Å². The molecule has 0 aliphatic carbocycles. The summed E-state index contributed by atoms with van der Waals surface area (Å²) in [4.78, 5) is 0. The van der Waals surface area contributed by atoms with E-state index in [9.17, 15) is 5.11 Å². The molecule has 2 aromatic carbocycles. The van der Waals surface area contributed by atoms with Crippen LogP contribution in [0.1, 0.15) is 23.6 Å². The van der Waals surface area contributed by atoms with Crippen LogP contribution >= 0.6 is 0 Å². The normalized spacial score (nSPS) is 17.4. The third-order valence-corrected chi connectivity index (χ3v) is 3.47. The molecule has 3 rings (SSSR count). The van der Waals surface area contributed by atoms with E-state index >= 15 is 0 Å². The lowest BCUT2D eigenvalue weighted by atomic mass is 9.98. The second-order valence-electron chi connectivity index (χ2n) is 4.74. The molecule has 2 N–H and O–H groups in total. The predicted molar refractivity (Wildman–Crippen MR) is 78.1 cm³/mol. The van der Waals surface area contributed by atoms with E-state index in [1.807, 2.05) is 30.3 Å². The Labute approximate surface area is 117 Å². The molecule has 0 fully saturated rings. The zero-order valence-electron chi connectivity index (χ0n) is 11.2. The molecule has 20 heavy (non-hydrogen) atoms. The molecule has 1 atom stereocenters. The van der Waals surface area contributed by atoms with Crippen LogP contribution in [-0.4, -0.2) is 17.9 Å². The monoisotopic (exact) mass is 268 g/mol. The summed E-state index contributed by atoms with van der Waals surface area (Å²) in [6, 6.07) is 15.6. The number of aromatic hydroxyl groups is 1. The second-order valence-corrected chi connectivity index (χ2v) is 4.74. The van der Waals surface area contributed by atoms with E-state index in [2.05, 4.69) is 22.7 Å². The van der Waals surface area contributed by atoms with Crippen LogP contribution in [-0.2, 0) is 0 Å². The van der Waals surface area contributed by atoms with Crippen molar-refractivity contribution in [1.29, 1.82) is 0 Å². The van der Waals surface area contributed by atoms with E-state index < -0.39 is 0 Å². The second kappa shape index (κ2) is 5.25. The first kappa shape index (κ1) is 12.5. The minimum Gasteiger partial charge on any atom is -0.507 e. The number of hydrogen-bond acceptors (Lipinski definition) is 4. The molecule has 1 heterocycles. The van der Waals surface area contributed by atoms with Gasteiger partial charge in [0.1, 0.15) is 11.5 Å². The summed E-state index contributed by atoms with van der Waals surface area (Å²) in [6.07, 6.45) is 0.754. The van der Waals surface area contributed by atoms with E-state index in [1.54, 1.807) is 13.2 Å². The van der Waals surface area contributed by atoms with Gasteiger partial charge in [0.2, 0.25) is 0 Å². The predicted octanol–water partition coefficient (Wildman–Crippen LogP) is 2.84.